The van der Waals surface area contributed by atoms with E-state index in [-0.39, 0.29) is 5.11 Å². The Labute approximate surface area is 128 Å². The van der Waals surface area contributed by atoms with E-state index in [2.05, 4.69) is 61.2 Å². The van der Waals surface area contributed by atoms with E-state index in [4.69, 9.17) is 10.5 Å². The minimum atomic E-state index is 0.121. The van der Waals surface area contributed by atoms with Crippen molar-refractivity contribution in [3.63, 3.8) is 0 Å². The number of thiocarbonyl (C=S) groups is 1. The van der Waals surface area contributed by atoms with Crippen molar-refractivity contribution in [1.82, 2.24) is 5.43 Å². The van der Waals surface area contributed by atoms with Gasteiger partial charge in [0, 0.05) is 0 Å². The Morgan fingerprint density at radius 2 is 2.11 bits per heavy atom. The number of nitrogens with two attached hydrogens (primary N) is 1. The summed E-state index contributed by atoms with van der Waals surface area (Å²) in [7, 11) is 0. The third-order valence-corrected chi connectivity index (χ3v) is 3.02. The second kappa shape index (κ2) is 7.50. The zero-order valence-electron chi connectivity index (χ0n) is 9.32. The molecule has 18 heavy (non-hydrogen) atoms. The van der Waals surface area contributed by atoms with Crippen molar-refractivity contribution >= 4 is 55.4 Å². The third-order valence-electron chi connectivity index (χ3n) is 1.75. The fraction of sp³-hybridized carbons (Fsp3) is 0.0909. The molecule has 0 amide bonds. The van der Waals surface area contributed by atoms with E-state index in [9.17, 15) is 0 Å². The summed E-state index contributed by atoms with van der Waals surface area (Å²) in [6, 6.07) is 3.74. The Morgan fingerprint density at radius 1 is 1.50 bits per heavy atom. The second-order valence-electron chi connectivity index (χ2n) is 3.15. The van der Waals surface area contributed by atoms with Gasteiger partial charge in [0.1, 0.15) is 12.4 Å². The number of nitrogens with zero attached hydrogens (tertiary/aromatic N) is 1. The van der Waals surface area contributed by atoms with Crippen LogP contribution in [0.2, 0.25) is 0 Å². The summed E-state index contributed by atoms with van der Waals surface area (Å²) >= 11 is 11.5. The standard InChI is InChI=1S/C11H11Br2N3OS/c1-2-3-17-10-8(12)4-7(5-9(10)13)6-15-16-11(14)18/h2,4-6H,1,3H2,(H3,14,16,18)/b15-6-. The molecule has 0 aromatic heterocycles. The first-order valence-corrected chi connectivity index (χ1v) is 6.85. The molecule has 0 fully saturated rings. The van der Waals surface area contributed by atoms with Crippen LogP contribution >= 0.6 is 44.1 Å². The van der Waals surface area contributed by atoms with Crippen molar-refractivity contribution in [3.05, 3.63) is 39.3 Å². The molecule has 96 valence electrons. The average Bonchev–Trinajstić information content (AvgIpc) is 2.27. The first-order valence-electron chi connectivity index (χ1n) is 4.86. The van der Waals surface area contributed by atoms with Crippen LogP contribution in [-0.2, 0) is 0 Å². The van der Waals surface area contributed by atoms with Gasteiger partial charge in [-0.05, 0) is 61.8 Å². The summed E-state index contributed by atoms with van der Waals surface area (Å²) in [4.78, 5) is 0. The van der Waals surface area contributed by atoms with Crippen molar-refractivity contribution < 1.29 is 4.74 Å². The van der Waals surface area contributed by atoms with E-state index < -0.39 is 0 Å². The van der Waals surface area contributed by atoms with Gasteiger partial charge >= 0.3 is 0 Å². The Kier molecular flexibility index (Phi) is 6.31. The zero-order chi connectivity index (χ0) is 13.5. The highest BCUT2D eigenvalue weighted by molar-refractivity contribution is 9.11. The van der Waals surface area contributed by atoms with E-state index >= 15 is 0 Å². The van der Waals surface area contributed by atoms with Crippen LogP contribution in [0.3, 0.4) is 0 Å². The molecule has 7 heteroatoms. The Bertz CT molecular complexity index is 468. The topological polar surface area (TPSA) is 59.6 Å². The predicted molar refractivity (Wildman–Crippen MR) is 85.0 cm³/mol. The van der Waals surface area contributed by atoms with Gasteiger partial charge in [0.15, 0.2) is 5.11 Å². The van der Waals surface area contributed by atoms with Crippen molar-refractivity contribution in [3.8, 4) is 5.75 Å². The number of rotatable bonds is 5. The van der Waals surface area contributed by atoms with Gasteiger partial charge in [0.05, 0.1) is 15.2 Å². The highest BCUT2D eigenvalue weighted by atomic mass is 79.9. The predicted octanol–water partition coefficient (Wildman–Crippen LogP) is 2.94. The summed E-state index contributed by atoms with van der Waals surface area (Å²) in [6.07, 6.45) is 3.28. The molecule has 0 radical (unpaired) electrons. The fourth-order valence-corrected chi connectivity index (χ4v) is 2.61. The lowest BCUT2D eigenvalue weighted by molar-refractivity contribution is 0.358. The monoisotopic (exact) mass is 391 g/mol. The molecule has 0 saturated carbocycles. The first kappa shape index (κ1) is 15.1. The summed E-state index contributed by atoms with van der Waals surface area (Å²) in [5.74, 6) is 0.717. The first-order chi connectivity index (χ1) is 8.54. The number of nitrogens with one attached hydrogen (secondary N) is 1. The summed E-state index contributed by atoms with van der Waals surface area (Å²) < 4.78 is 7.13. The largest absolute Gasteiger partial charge is 0.487 e. The van der Waals surface area contributed by atoms with Crippen LogP contribution in [0.1, 0.15) is 5.56 Å². The van der Waals surface area contributed by atoms with E-state index in [0.29, 0.717) is 12.4 Å². The molecular weight excluding hydrogens is 382 g/mol. The van der Waals surface area contributed by atoms with E-state index in [1.54, 1.807) is 12.3 Å². The van der Waals surface area contributed by atoms with Gasteiger partial charge < -0.3 is 10.5 Å². The van der Waals surface area contributed by atoms with Crippen molar-refractivity contribution in [2.45, 2.75) is 0 Å². The highest BCUT2D eigenvalue weighted by Gasteiger charge is 2.07. The maximum atomic E-state index is 5.50. The van der Waals surface area contributed by atoms with E-state index in [1.807, 2.05) is 12.1 Å². The summed E-state index contributed by atoms with van der Waals surface area (Å²) in [6.45, 7) is 4.04. The maximum Gasteiger partial charge on any atom is 0.184 e. The van der Waals surface area contributed by atoms with Crippen molar-refractivity contribution in [1.29, 1.82) is 0 Å². The molecule has 3 N–H and O–H groups in total. The van der Waals surface area contributed by atoms with Crippen LogP contribution in [-0.4, -0.2) is 17.9 Å². The molecule has 1 rings (SSSR count). The second-order valence-corrected chi connectivity index (χ2v) is 5.30. The molecule has 0 bridgehead atoms. The molecule has 0 unspecified atom stereocenters. The molecule has 0 spiro atoms. The number of halogens is 2. The minimum Gasteiger partial charge on any atom is -0.487 e. The average molecular weight is 393 g/mol. The summed E-state index contributed by atoms with van der Waals surface area (Å²) in [5.41, 5.74) is 8.60. The van der Waals surface area contributed by atoms with Gasteiger partial charge in [-0.1, -0.05) is 12.7 Å². The molecule has 0 aliphatic rings. The van der Waals surface area contributed by atoms with Crippen LogP contribution in [0.25, 0.3) is 0 Å². The molecule has 1 aromatic rings. The molecule has 1 aromatic carbocycles. The van der Waals surface area contributed by atoms with Crippen LogP contribution in [0, 0.1) is 0 Å². The molecule has 0 atom stereocenters. The smallest absolute Gasteiger partial charge is 0.184 e. The van der Waals surface area contributed by atoms with E-state index in [1.165, 1.54) is 0 Å². The van der Waals surface area contributed by atoms with Gasteiger partial charge in [-0.25, -0.2) is 0 Å². The van der Waals surface area contributed by atoms with Gasteiger partial charge in [-0.3, -0.25) is 5.43 Å². The number of hydrogen-bond donors (Lipinski definition) is 2. The number of hydrazone groups is 1. The molecular formula is C11H11Br2N3OS. The molecule has 4 nitrogen and oxygen atoms in total. The van der Waals surface area contributed by atoms with Crippen molar-refractivity contribution in [2.75, 3.05) is 6.61 Å². The normalized spacial score (nSPS) is 10.3. The number of ether oxygens (including phenoxy) is 1. The maximum absolute atomic E-state index is 5.50. The molecule has 0 saturated heterocycles. The molecule has 0 aliphatic heterocycles. The van der Waals surface area contributed by atoms with Gasteiger partial charge in [-0.15, -0.1) is 0 Å². The van der Waals surface area contributed by atoms with Crippen LogP contribution in [0.5, 0.6) is 5.75 Å². The van der Waals surface area contributed by atoms with Gasteiger partial charge in [-0.2, -0.15) is 5.10 Å². The van der Waals surface area contributed by atoms with E-state index in [0.717, 1.165) is 14.5 Å². The Balaban J connectivity index is 2.88. The van der Waals surface area contributed by atoms with Gasteiger partial charge in [0.25, 0.3) is 0 Å². The van der Waals surface area contributed by atoms with Gasteiger partial charge in [0.2, 0.25) is 0 Å². The quantitative estimate of drug-likeness (QED) is 0.350. The number of benzene rings is 1. The Hall–Kier alpha value is -0.920. The minimum absolute atomic E-state index is 0.121. The lowest BCUT2D eigenvalue weighted by atomic mass is 10.2. The lowest BCUT2D eigenvalue weighted by Gasteiger charge is -2.09. The zero-order valence-corrected chi connectivity index (χ0v) is 13.3. The molecule has 0 heterocycles. The Morgan fingerprint density at radius 3 is 2.61 bits per heavy atom. The lowest BCUT2D eigenvalue weighted by Crippen LogP contribution is -2.23. The molecule has 0 aliphatic carbocycles. The van der Waals surface area contributed by atoms with Crippen LogP contribution in [0.4, 0.5) is 0 Å². The SMILES string of the molecule is C=CCOc1c(Br)cc(/C=N\NC(N)=S)cc1Br. The highest BCUT2D eigenvalue weighted by Crippen LogP contribution is 2.34. The fourth-order valence-electron chi connectivity index (χ4n) is 1.10. The number of hydrogen-bond acceptors (Lipinski definition) is 3. The van der Waals surface area contributed by atoms with Crippen molar-refractivity contribution in [2.24, 2.45) is 10.8 Å². The van der Waals surface area contributed by atoms with Crippen LogP contribution < -0.4 is 15.9 Å². The summed E-state index contributed by atoms with van der Waals surface area (Å²) in [5, 5.41) is 4.00. The third kappa shape index (κ3) is 4.75. The van der Waals surface area contributed by atoms with Crippen LogP contribution in [0.15, 0.2) is 38.8 Å².